The molecule has 1 amide bonds. The van der Waals surface area contributed by atoms with Crippen molar-refractivity contribution in [2.24, 2.45) is 0 Å². The van der Waals surface area contributed by atoms with Crippen LogP contribution in [0.1, 0.15) is 35.0 Å². The number of aromatic nitrogens is 3. The number of carbonyl (C=O) groups is 1. The molecule has 1 aromatic carbocycles. The minimum Gasteiger partial charge on any atom is -0.487 e. The SMILES string of the molecule is O=C1C[C@@H](c2cccc(OCc3ccccn3)c2)c2c(nc3ccccn23)CN1. The van der Waals surface area contributed by atoms with Gasteiger partial charge in [0.2, 0.25) is 5.91 Å². The second-order valence-electron chi connectivity index (χ2n) is 7.09. The minimum absolute atomic E-state index is 0.0255. The van der Waals surface area contributed by atoms with E-state index in [1.54, 1.807) is 6.20 Å². The third-order valence-electron chi connectivity index (χ3n) is 5.19. The monoisotopic (exact) mass is 384 g/mol. The van der Waals surface area contributed by atoms with E-state index in [1.165, 1.54) is 0 Å². The summed E-state index contributed by atoms with van der Waals surface area (Å²) in [5.74, 6) is 0.689. The predicted octanol–water partition coefficient (Wildman–Crippen LogP) is 3.46. The number of imidazole rings is 1. The Kier molecular flexibility index (Phi) is 4.44. The molecular formula is C23H20N4O2. The molecule has 0 unspecified atom stereocenters. The number of hydrogen-bond donors (Lipinski definition) is 1. The lowest BCUT2D eigenvalue weighted by Gasteiger charge is -2.17. The summed E-state index contributed by atoms with van der Waals surface area (Å²) in [4.78, 5) is 21.4. The highest BCUT2D eigenvalue weighted by Crippen LogP contribution is 2.34. The van der Waals surface area contributed by atoms with Gasteiger partial charge in [0.1, 0.15) is 18.0 Å². The molecule has 1 atom stereocenters. The number of pyridine rings is 2. The highest BCUT2D eigenvalue weighted by molar-refractivity contribution is 5.78. The van der Waals surface area contributed by atoms with Gasteiger partial charge >= 0.3 is 0 Å². The lowest BCUT2D eigenvalue weighted by molar-refractivity contribution is -0.121. The van der Waals surface area contributed by atoms with Crippen LogP contribution in [0, 0.1) is 0 Å². The maximum Gasteiger partial charge on any atom is 0.221 e. The standard InChI is InChI=1S/C23H20N4O2/c28-22-13-19(23-20(14-25-22)26-21-9-2-4-11-27(21)23)16-6-5-8-18(12-16)29-15-17-7-1-3-10-24-17/h1-12,19H,13-15H2,(H,25,28)/t19-/m0/s1. The Balaban J connectivity index is 1.51. The fraction of sp³-hybridized carbons (Fsp3) is 0.174. The maximum atomic E-state index is 12.4. The van der Waals surface area contributed by atoms with Gasteiger partial charge in [0.05, 0.1) is 23.6 Å². The first kappa shape index (κ1) is 17.4. The highest BCUT2D eigenvalue weighted by Gasteiger charge is 2.28. The van der Waals surface area contributed by atoms with E-state index in [2.05, 4.69) is 14.7 Å². The lowest BCUT2D eigenvalue weighted by atomic mass is 9.91. The second kappa shape index (κ2) is 7.39. The van der Waals surface area contributed by atoms with Crippen molar-refractivity contribution in [3.8, 4) is 5.75 Å². The number of hydrogen-bond acceptors (Lipinski definition) is 4. The van der Waals surface area contributed by atoms with Crippen LogP contribution in [0.5, 0.6) is 5.75 Å². The van der Waals surface area contributed by atoms with E-state index in [0.29, 0.717) is 19.6 Å². The van der Waals surface area contributed by atoms with Crippen molar-refractivity contribution in [3.63, 3.8) is 0 Å². The van der Waals surface area contributed by atoms with E-state index in [0.717, 1.165) is 34.0 Å². The van der Waals surface area contributed by atoms with Gasteiger partial charge in [-0.25, -0.2) is 4.98 Å². The first-order valence-corrected chi connectivity index (χ1v) is 9.63. The van der Waals surface area contributed by atoms with Crippen LogP contribution in [0.25, 0.3) is 5.65 Å². The number of benzene rings is 1. The van der Waals surface area contributed by atoms with Crippen LogP contribution < -0.4 is 10.1 Å². The molecular weight excluding hydrogens is 364 g/mol. The number of rotatable bonds is 4. The third kappa shape index (κ3) is 3.45. The molecule has 1 aliphatic rings. The molecule has 5 rings (SSSR count). The van der Waals surface area contributed by atoms with E-state index in [4.69, 9.17) is 9.72 Å². The Morgan fingerprint density at radius 1 is 1.10 bits per heavy atom. The van der Waals surface area contributed by atoms with Crippen LogP contribution >= 0.6 is 0 Å². The summed E-state index contributed by atoms with van der Waals surface area (Å²) in [7, 11) is 0. The predicted molar refractivity (Wildman–Crippen MR) is 109 cm³/mol. The van der Waals surface area contributed by atoms with Gasteiger partial charge in [-0.1, -0.05) is 24.3 Å². The van der Waals surface area contributed by atoms with Gasteiger partial charge in [0, 0.05) is 24.7 Å². The molecule has 0 saturated heterocycles. The van der Waals surface area contributed by atoms with Crippen molar-refractivity contribution < 1.29 is 9.53 Å². The molecule has 29 heavy (non-hydrogen) atoms. The molecule has 144 valence electrons. The number of amides is 1. The summed E-state index contributed by atoms with van der Waals surface area (Å²) in [6.45, 7) is 0.846. The Hall–Kier alpha value is -3.67. The van der Waals surface area contributed by atoms with E-state index in [9.17, 15) is 4.79 Å². The Bertz CT molecular complexity index is 1170. The summed E-state index contributed by atoms with van der Waals surface area (Å²) in [5.41, 5.74) is 4.76. The van der Waals surface area contributed by atoms with Crippen molar-refractivity contribution in [2.75, 3.05) is 0 Å². The van der Waals surface area contributed by atoms with Crippen LogP contribution in [0.3, 0.4) is 0 Å². The van der Waals surface area contributed by atoms with E-state index < -0.39 is 0 Å². The number of fused-ring (bicyclic) bond motifs is 3. The Morgan fingerprint density at radius 2 is 2.03 bits per heavy atom. The molecule has 0 aliphatic carbocycles. The molecule has 1 N–H and O–H groups in total. The average molecular weight is 384 g/mol. The normalized spacial score (nSPS) is 16.1. The number of ether oxygens (including phenoxy) is 1. The van der Waals surface area contributed by atoms with Gasteiger partial charge in [0.15, 0.2) is 0 Å². The van der Waals surface area contributed by atoms with Gasteiger partial charge < -0.3 is 14.5 Å². The van der Waals surface area contributed by atoms with Gasteiger partial charge in [-0.2, -0.15) is 0 Å². The van der Waals surface area contributed by atoms with Crippen molar-refractivity contribution >= 4 is 11.6 Å². The maximum absolute atomic E-state index is 12.4. The smallest absolute Gasteiger partial charge is 0.221 e. The average Bonchev–Trinajstić information content (AvgIpc) is 3.05. The molecule has 0 radical (unpaired) electrons. The highest BCUT2D eigenvalue weighted by atomic mass is 16.5. The second-order valence-corrected chi connectivity index (χ2v) is 7.09. The summed E-state index contributed by atoms with van der Waals surface area (Å²) in [6.07, 6.45) is 4.14. The van der Waals surface area contributed by atoms with Crippen molar-refractivity contribution in [2.45, 2.75) is 25.5 Å². The first-order chi connectivity index (χ1) is 14.3. The quantitative estimate of drug-likeness (QED) is 0.585. The zero-order chi connectivity index (χ0) is 19.6. The van der Waals surface area contributed by atoms with E-state index in [-0.39, 0.29) is 11.8 Å². The number of nitrogens with one attached hydrogen (secondary N) is 1. The van der Waals surface area contributed by atoms with E-state index in [1.807, 2.05) is 66.9 Å². The van der Waals surface area contributed by atoms with Gasteiger partial charge in [-0.15, -0.1) is 0 Å². The van der Waals surface area contributed by atoms with Gasteiger partial charge in [-0.05, 0) is 42.0 Å². The molecule has 6 nitrogen and oxygen atoms in total. The summed E-state index contributed by atoms with van der Waals surface area (Å²) < 4.78 is 8.04. The molecule has 4 heterocycles. The van der Waals surface area contributed by atoms with Crippen LogP contribution in [-0.4, -0.2) is 20.3 Å². The van der Waals surface area contributed by atoms with Crippen LogP contribution in [0.2, 0.25) is 0 Å². The summed E-state index contributed by atoms with van der Waals surface area (Å²) >= 11 is 0. The third-order valence-corrected chi connectivity index (χ3v) is 5.19. The van der Waals surface area contributed by atoms with Crippen LogP contribution in [-0.2, 0) is 17.9 Å². The fourth-order valence-corrected chi connectivity index (χ4v) is 3.84. The molecule has 0 bridgehead atoms. The molecule has 0 spiro atoms. The van der Waals surface area contributed by atoms with E-state index >= 15 is 0 Å². The topological polar surface area (TPSA) is 68.5 Å². The molecule has 3 aromatic heterocycles. The lowest BCUT2D eigenvalue weighted by Crippen LogP contribution is -2.21. The Labute approximate surface area is 168 Å². The summed E-state index contributed by atoms with van der Waals surface area (Å²) in [6, 6.07) is 19.7. The number of nitrogens with zero attached hydrogens (tertiary/aromatic N) is 3. The number of carbonyl (C=O) groups excluding carboxylic acids is 1. The molecule has 1 aliphatic heterocycles. The van der Waals surface area contributed by atoms with Crippen LogP contribution in [0.15, 0.2) is 73.1 Å². The largest absolute Gasteiger partial charge is 0.487 e. The fourth-order valence-electron chi connectivity index (χ4n) is 3.84. The van der Waals surface area contributed by atoms with Gasteiger partial charge in [-0.3, -0.25) is 9.78 Å². The first-order valence-electron chi connectivity index (χ1n) is 9.63. The van der Waals surface area contributed by atoms with Crippen molar-refractivity contribution in [1.82, 2.24) is 19.7 Å². The van der Waals surface area contributed by atoms with Gasteiger partial charge in [0.25, 0.3) is 0 Å². The minimum atomic E-state index is -0.0942. The Morgan fingerprint density at radius 3 is 2.93 bits per heavy atom. The van der Waals surface area contributed by atoms with Crippen molar-refractivity contribution in [3.05, 3.63) is 95.7 Å². The van der Waals surface area contributed by atoms with Crippen molar-refractivity contribution in [1.29, 1.82) is 0 Å². The zero-order valence-electron chi connectivity index (χ0n) is 15.8. The van der Waals surface area contributed by atoms with Crippen LogP contribution in [0.4, 0.5) is 0 Å². The zero-order valence-corrected chi connectivity index (χ0v) is 15.8. The molecule has 6 heteroatoms. The molecule has 0 fully saturated rings. The molecule has 0 saturated carbocycles. The molecule has 4 aromatic rings. The summed E-state index contributed by atoms with van der Waals surface area (Å²) in [5, 5.41) is 2.97.